The van der Waals surface area contributed by atoms with Gasteiger partial charge in [0.1, 0.15) is 12.3 Å². The van der Waals surface area contributed by atoms with Crippen molar-refractivity contribution in [2.75, 3.05) is 33.7 Å². The SMILES string of the molecule is CN(C)CCN(CC(=O)O)C(=O)C1Cc2ccccc2O1. The Bertz CT molecular complexity index is 505. The maximum absolute atomic E-state index is 12.5. The molecular weight excluding hydrogens is 272 g/mol. The molecular formula is C15H20N2O4. The molecule has 0 aromatic heterocycles. The highest BCUT2D eigenvalue weighted by atomic mass is 16.5. The Balaban J connectivity index is 2.03. The predicted molar refractivity (Wildman–Crippen MR) is 77.3 cm³/mol. The molecule has 1 N–H and O–H groups in total. The number of para-hydroxylation sites is 1. The molecule has 0 spiro atoms. The lowest BCUT2D eigenvalue weighted by molar-refractivity contribution is -0.147. The van der Waals surface area contributed by atoms with Crippen molar-refractivity contribution >= 4 is 11.9 Å². The molecule has 1 amide bonds. The van der Waals surface area contributed by atoms with Crippen molar-refractivity contribution in [3.8, 4) is 5.75 Å². The van der Waals surface area contributed by atoms with Crippen LogP contribution in [0.4, 0.5) is 0 Å². The highest BCUT2D eigenvalue weighted by Crippen LogP contribution is 2.28. The molecule has 1 aromatic carbocycles. The summed E-state index contributed by atoms with van der Waals surface area (Å²) in [7, 11) is 3.76. The van der Waals surface area contributed by atoms with E-state index in [0.29, 0.717) is 25.3 Å². The van der Waals surface area contributed by atoms with Crippen molar-refractivity contribution in [3.63, 3.8) is 0 Å². The van der Waals surface area contributed by atoms with Gasteiger partial charge in [0, 0.05) is 19.5 Å². The second-order valence-corrected chi connectivity index (χ2v) is 5.38. The summed E-state index contributed by atoms with van der Waals surface area (Å²) in [5, 5.41) is 8.97. The summed E-state index contributed by atoms with van der Waals surface area (Å²) in [5.74, 6) is -0.577. The molecule has 1 aliphatic rings. The van der Waals surface area contributed by atoms with Gasteiger partial charge in [-0.1, -0.05) is 18.2 Å². The lowest BCUT2D eigenvalue weighted by atomic mass is 10.1. The lowest BCUT2D eigenvalue weighted by Crippen LogP contribution is -2.46. The monoisotopic (exact) mass is 292 g/mol. The molecule has 0 saturated heterocycles. The van der Waals surface area contributed by atoms with Gasteiger partial charge in [-0.15, -0.1) is 0 Å². The Hall–Kier alpha value is -2.08. The number of fused-ring (bicyclic) bond motifs is 1. The van der Waals surface area contributed by atoms with Gasteiger partial charge in [-0.3, -0.25) is 9.59 Å². The molecule has 1 atom stereocenters. The third-order valence-corrected chi connectivity index (χ3v) is 3.38. The summed E-state index contributed by atoms with van der Waals surface area (Å²) in [6.45, 7) is 0.676. The van der Waals surface area contributed by atoms with E-state index in [2.05, 4.69) is 0 Å². The van der Waals surface area contributed by atoms with E-state index in [9.17, 15) is 9.59 Å². The number of nitrogens with zero attached hydrogens (tertiary/aromatic N) is 2. The molecule has 21 heavy (non-hydrogen) atoms. The number of carboxylic acid groups (broad SMARTS) is 1. The average Bonchev–Trinajstić information content (AvgIpc) is 2.86. The Morgan fingerprint density at radius 2 is 2.00 bits per heavy atom. The quantitative estimate of drug-likeness (QED) is 0.825. The van der Waals surface area contributed by atoms with Gasteiger partial charge in [-0.05, 0) is 25.7 Å². The van der Waals surface area contributed by atoms with Crippen LogP contribution in [0.3, 0.4) is 0 Å². The molecule has 1 unspecified atom stereocenters. The van der Waals surface area contributed by atoms with Gasteiger partial charge in [-0.2, -0.15) is 0 Å². The smallest absolute Gasteiger partial charge is 0.323 e. The van der Waals surface area contributed by atoms with Crippen LogP contribution in [0.25, 0.3) is 0 Å². The molecule has 1 aromatic rings. The van der Waals surface area contributed by atoms with E-state index in [4.69, 9.17) is 9.84 Å². The van der Waals surface area contributed by atoms with Crippen LogP contribution in [-0.2, 0) is 16.0 Å². The fraction of sp³-hybridized carbons (Fsp3) is 0.467. The van der Waals surface area contributed by atoms with Gasteiger partial charge in [-0.25, -0.2) is 0 Å². The molecule has 6 heteroatoms. The van der Waals surface area contributed by atoms with E-state index < -0.39 is 12.1 Å². The van der Waals surface area contributed by atoms with E-state index >= 15 is 0 Å². The first kappa shape index (κ1) is 15.3. The minimum Gasteiger partial charge on any atom is -0.480 e. The first-order valence-electron chi connectivity index (χ1n) is 6.87. The van der Waals surface area contributed by atoms with E-state index in [0.717, 1.165) is 5.56 Å². The van der Waals surface area contributed by atoms with Gasteiger partial charge in [0.15, 0.2) is 6.10 Å². The number of hydrogen-bond donors (Lipinski definition) is 1. The Morgan fingerprint density at radius 1 is 1.29 bits per heavy atom. The van der Waals surface area contributed by atoms with Crippen LogP contribution in [-0.4, -0.2) is 66.6 Å². The Kier molecular flexibility index (Phi) is 4.80. The summed E-state index contributed by atoms with van der Waals surface area (Å²) >= 11 is 0. The molecule has 6 nitrogen and oxygen atoms in total. The number of rotatable bonds is 6. The number of amides is 1. The Labute approximate surface area is 123 Å². The van der Waals surface area contributed by atoms with Crippen molar-refractivity contribution in [1.82, 2.24) is 9.80 Å². The zero-order chi connectivity index (χ0) is 15.4. The second kappa shape index (κ2) is 6.58. The van der Waals surface area contributed by atoms with Crippen LogP contribution in [0, 0.1) is 0 Å². The number of ether oxygens (including phenoxy) is 1. The molecule has 1 heterocycles. The third-order valence-electron chi connectivity index (χ3n) is 3.38. The molecule has 2 rings (SSSR count). The van der Waals surface area contributed by atoms with Crippen molar-refractivity contribution < 1.29 is 19.4 Å². The molecule has 0 bridgehead atoms. The second-order valence-electron chi connectivity index (χ2n) is 5.38. The number of carbonyl (C=O) groups excluding carboxylic acids is 1. The summed E-state index contributed by atoms with van der Waals surface area (Å²) in [6, 6.07) is 7.50. The number of carboxylic acids is 1. The van der Waals surface area contributed by atoms with Crippen molar-refractivity contribution in [1.29, 1.82) is 0 Å². The topological polar surface area (TPSA) is 70.1 Å². The van der Waals surface area contributed by atoms with Crippen LogP contribution >= 0.6 is 0 Å². The number of aliphatic carboxylic acids is 1. The van der Waals surface area contributed by atoms with Crippen molar-refractivity contribution in [3.05, 3.63) is 29.8 Å². The van der Waals surface area contributed by atoms with Crippen LogP contribution < -0.4 is 4.74 Å². The average molecular weight is 292 g/mol. The summed E-state index contributed by atoms with van der Waals surface area (Å²) in [6.07, 6.45) is -0.128. The maximum atomic E-state index is 12.5. The molecule has 0 radical (unpaired) electrons. The number of likely N-dealkylation sites (N-methyl/N-ethyl adjacent to an activating group) is 1. The highest BCUT2D eigenvalue weighted by molar-refractivity contribution is 5.86. The van der Waals surface area contributed by atoms with Crippen LogP contribution in [0.2, 0.25) is 0 Å². The molecule has 0 aliphatic carbocycles. The maximum Gasteiger partial charge on any atom is 0.323 e. The summed E-state index contributed by atoms with van der Waals surface area (Å²) < 4.78 is 5.64. The molecule has 114 valence electrons. The first-order valence-corrected chi connectivity index (χ1v) is 6.87. The van der Waals surface area contributed by atoms with E-state index in [1.54, 1.807) is 0 Å². The fourth-order valence-electron chi connectivity index (χ4n) is 2.27. The highest BCUT2D eigenvalue weighted by Gasteiger charge is 2.32. The number of carbonyl (C=O) groups is 2. The first-order chi connectivity index (χ1) is 9.97. The van der Waals surface area contributed by atoms with E-state index in [1.807, 2.05) is 43.3 Å². The minimum atomic E-state index is -1.02. The van der Waals surface area contributed by atoms with Crippen LogP contribution in [0.1, 0.15) is 5.56 Å². The van der Waals surface area contributed by atoms with Gasteiger partial charge in [0.25, 0.3) is 5.91 Å². The number of benzene rings is 1. The van der Waals surface area contributed by atoms with Gasteiger partial charge in [0.2, 0.25) is 0 Å². The van der Waals surface area contributed by atoms with Gasteiger partial charge >= 0.3 is 5.97 Å². The molecule has 1 aliphatic heterocycles. The normalized spacial score (nSPS) is 16.4. The van der Waals surface area contributed by atoms with Crippen LogP contribution in [0.15, 0.2) is 24.3 Å². The zero-order valence-corrected chi connectivity index (χ0v) is 12.3. The van der Waals surface area contributed by atoms with Crippen molar-refractivity contribution in [2.24, 2.45) is 0 Å². The predicted octanol–water partition coefficient (Wildman–Crippen LogP) is 0.465. The third kappa shape index (κ3) is 3.95. The molecule has 0 fully saturated rings. The Morgan fingerprint density at radius 3 is 2.62 bits per heavy atom. The summed E-state index contributed by atoms with van der Waals surface area (Å²) in [5.41, 5.74) is 0.985. The largest absolute Gasteiger partial charge is 0.480 e. The fourth-order valence-corrected chi connectivity index (χ4v) is 2.27. The summed E-state index contributed by atoms with van der Waals surface area (Å²) in [4.78, 5) is 26.7. The lowest BCUT2D eigenvalue weighted by Gasteiger charge is -2.25. The van der Waals surface area contributed by atoms with Crippen molar-refractivity contribution in [2.45, 2.75) is 12.5 Å². The van der Waals surface area contributed by atoms with Gasteiger partial charge < -0.3 is 19.6 Å². The standard InChI is InChI=1S/C15H20N2O4/c1-16(2)7-8-17(10-14(18)19)15(20)13-9-11-5-3-4-6-12(11)21-13/h3-6,13H,7-10H2,1-2H3,(H,18,19). The van der Waals surface area contributed by atoms with E-state index in [1.165, 1.54) is 4.90 Å². The van der Waals surface area contributed by atoms with E-state index in [-0.39, 0.29) is 12.5 Å². The number of hydrogen-bond acceptors (Lipinski definition) is 4. The van der Waals surface area contributed by atoms with Crippen LogP contribution in [0.5, 0.6) is 5.75 Å². The molecule has 0 saturated carbocycles. The zero-order valence-electron chi connectivity index (χ0n) is 12.3. The van der Waals surface area contributed by atoms with Gasteiger partial charge in [0.05, 0.1) is 0 Å². The minimum absolute atomic E-state index is 0.268.